The molecule has 1 heterocycles. The Morgan fingerprint density at radius 3 is 2.19 bits per heavy atom. The second kappa shape index (κ2) is 10.8. The summed E-state index contributed by atoms with van der Waals surface area (Å²) in [5.74, 6) is 0.612. The molecule has 0 spiro atoms. The minimum Gasteiger partial charge on any atom is -0.491 e. The van der Waals surface area contributed by atoms with Gasteiger partial charge in [-0.15, -0.1) is 0 Å². The van der Waals surface area contributed by atoms with E-state index in [0.717, 1.165) is 30.4 Å². The first-order valence-corrected chi connectivity index (χ1v) is 12.4. The molecule has 2 aliphatic rings. The van der Waals surface area contributed by atoms with Gasteiger partial charge in [-0.1, -0.05) is 56.9 Å². The highest BCUT2D eigenvalue weighted by Crippen LogP contribution is 2.41. The maximum absolute atomic E-state index is 14.5. The molecule has 2 atom stereocenters. The van der Waals surface area contributed by atoms with Gasteiger partial charge in [0.2, 0.25) is 5.82 Å². The van der Waals surface area contributed by atoms with Crippen molar-refractivity contribution in [3.05, 3.63) is 53.6 Å². The lowest BCUT2D eigenvalue weighted by Gasteiger charge is -2.38. The van der Waals surface area contributed by atoms with E-state index in [9.17, 15) is 8.78 Å². The molecule has 1 aliphatic carbocycles. The van der Waals surface area contributed by atoms with Gasteiger partial charge in [0.15, 0.2) is 11.6 Å². The van der Waals surface area contributed by atoms with Gasteiger partial charge < -0.3 is 9.47 Å². The van der Waals surface area contributed by atoms with E-state index in [1.807, 2.05) is 24.3 Å². The predicted octanol–water partition coefficient (Wildman–Crippen LogP) is 8.10. The molecule has 4 heteroatoms. The van der Waals surface area contributed by atoms with Crippen LogP contribution in [0.2, 0.25) is 0 Å². The van der Waals surface area contributed by atoms with Gasteiger partial charge in [0.05, 0.1) is 19.3 Å². The Morgan fingerprint density at radius 1 is 0.844 bits per heavy atom. The zero-order valence-corrected chi connectivity index (χ0v) is 19.4. The van der Waals surface area contributed by atoms with Gasteiger partial charge in [-0.3, -0.25) is 0 Å². The van der Waals surface area contributed by atoms with E-state index < -0.39 is 11.6 Å². The minimum absolute atomic E-state index is 0.0469. The van der Waals surface area contributed by atoms with Crippen LogP contribution < -0.4 is 4.74 Å². The fourth-order valence-electron chi connectivity index (χ4n) is 5.66. The maximum Gasteiger partial charge on any atom is 0.201 e. The molecule has 2 nitrogen and oxygen atoms in total. The third-order valence-corrected chi connectivity index (χ3v) is 7.51. The molecule has 1 saturated heterocycles. The largest absolute Gasteiger partial charge is 0.491 e. The summed E-state index contributed by atoms with van der Waals surface area (Å²) in [4.78, 5) is 0. The van der Waals surface area contributed by atoms with Crippen LogP contribution in [0.15, 0.2) is 36.4 Å². The lowest BCUT2D eigenvalue weighted by atomic mass is 9.73. The van der Waals surface area contributed by atoms with Gasteiger partial charge in [0, 0.05) is 5.56 Å². The van der Waals surface area contributed by atoms with Crippen molar-refractivity contribution in [2.45, 2.75) is 71.3 Å². The van der Waals surface area contributed by atoms with Crippen molar-refractivity contribution in [2.75, 3.05) is 13.2 Å². The van der Waals surface area contributed by atoms with Crippen LogP contribution in [0, 0.1) is 29.4 Å². The average molecular weight is 443 g/mol. The van der Waals surface area contributed by atoms with Crippen LogP contribution in [0.5, 0.6) is 5.75 Å². The van der Waals surface area contributed by atoms with Crippen LogP contribution in [0.4, 0.5) is 8.78 Å². The standard InChI is InChI=1S/C28H36F2O2/c1-3-5-19-6-8-20(9-7-19)23-14-16-25(32-18-23)22-12-10-21(11-13-22)24-15-17-26(31-4-2)28(30)27(24)29/h10-13,15,17,19-20,23,25H,3-9,14,16,18H2,1-2H3/t19?,20?,23-,25+/m1/s1. The van der Waals surface area contributed by atoms with Crippen LogP contribution in [0.1, 0.15) is 76.9 Å². The van der Waals surface area contributed by atoms with Crippen molar-refractivity contribution in [1.29, 1.82) is 0 Å². The molecule has 2 fully saturated rings. The number of rotatable bonds is 7. The molecule has 0 radical (unpaired) electrons. The summed E-state index contributed by atoms with van der Waals surface area (Å²) in [7, 11) is 0. The smallest absolute Gasteiger partial charge is 0.201 e. The summed E-state index contributed by atoms with van der Waals surface area (Å²) >= 11 is 0. The molecule has 0 unspecified atom stereocenters. The normalized spacial score (nSPS) is 26.1. The Morgan fingerprint density at radius 2 is 1.56 bits per heavy atom. The lowest BCUT2D eigenvalue weighted by molar-refractivity contribution is -0.0404. The second-order valence-corrected chi connectivity index (χ2v) is 9.52. The minimum atomic E-state index is -0.932. The van der Waals surface area contributed by atoms with Crippen LogP contribution in [0.25, 0.3) is 11.1 Å². The molecule has 1 aliphatic heterocycles. The van der Waals surface area contributed by atoms with E-state index in [1.165, 1.54) is 51.0 Å². The Bertz CT molecular complexity index is 864. The Labute approximate surface area is 191 Å². The number of ether oxygens (including phenoxy) is 2. The van der Waals surface area contributed by atoms with Crippen LogP contribution >= 0.6 is 0 Å². The zero-order valence-electron chi connectivity index (χ0n) is 19.4. The zero-order chi connectivity index (χ0) is 22.5. The molecule has 1 saturated carbocycles. The molecule has 0 bridgehead atoms. The van der Waals surface area contributed by atoms with Crippen molar-refractivity contribution < 1.29 is 18.3 Å². The number of hydrogen-bond acceptors (Lipinski definition) is 2. The third-order valence-electron chi connectivity index (χ3n) is 7.51. The lowest BCUT2D eigenvalue weighted by Crippen LogP contribution is -2.29. The van der Waals surface area contributed by atoms with E-state index in [0.29, 0.717) is 18.1 Å². The van der Waals surface area contributed by atoms with Gasteiger partial charge in [-0.25, -0.2) is 4.39 Å². The molecule has 0 amide bonds. The summed E-state index contributed by atoms with van der Waals surface area (Å²) < 4.78 is 40.2. The highest BCUT2D eigenvalue weighted by Gasteiger charge is 2.31. The number of halogens is 2. The van der Waals surface area contributed by atoms with Gasteiger partial charge >= 0.3 is 0 Å². The summed E-state index contributed by atoms with van der Waals surface area (Å²) in [6.07, 6.45) is 10.6. The van der Waals surface area contributed by atoms with Crippen molar-refractivity contribution in [3.63, 3.8) is 0 Å². The van der Waals surface area contributed by atoms with E-state index in [4.69, 9.17) is 9.47 Å². The van der Waals surface area contributed by atoms with E-state index >= 15 is 0 Å². The topological polar surface area (TPSA) is 18.5 Å². The molecule has 4 rings (SSSR count). The molecule has 0 aromatic heterocycles. The van der Waals surface area contributed by atoms with Gasteiger partial charge in [-0.05, 0) is 73.6 Å². The SMILES string of the molecule is CCCC1CCC([C@@H]2CC[C@@H](c3ccc(-c4ccc(OCC)c(F)c4F)cc3)OC2)CC1. The Kier molecular flexibility index (Phi) is 7.83. The Balaban J connectivity index is 1.34. The van der Waals surface area contributed by atoms with E-state index in [-0.39, 0.29) is 17.4 Å². The monoisotopic (exact) mass is 442 g/mol. The average Bonchev–Trinajstić information content (AvgIpc) is 2.83. The molecular formula is C28H36F2O2. The van der Waals surface area contributed by atoms with Gasteiger partial charge in [-0.2, -0.15) is 4.39 Å². The van der Waals surface area contributed by atoms with E-state index in [1.54, 1.807) is 13.0 Å². The predicted molar refractivity (Wildman–Crippen MR) is 125 cm³/mol. The summed E-state index contributed by atoms with van der Waals surface area (Å²) in [5.41, 5.74) is 2.03. The number of hydrogen-bond donors (Lipinski definition) is 0. The van der Waals surface area contributed by atoms with Crippen LogP contribution in [0.3, 0.4) is 0 Å². The van der Waals surface area contributed by atoms with Crippen molar-refractivity contribution >= 4 is 0 Å². The number of benzene rings is 2. The first-order chi connectivity index (χ1) is 15.6. The molecule has 32 heavy (non-hydrogen) atoms. The van der Waals surface area contributed by atoms with Gasteiger partial charge in [0.1, 0.15) is 0 Å². The van der Waals surface area contributed by atoms with Crippen molar-refractivity contribution in [2.24, 2.45) is 17.8 Å². The fraction of sp³-hybridized carbons (Fsp3) is 0.571. The van der Waals surface area contributed by atoms with Crippen LogP contribution in [-0.4, -0.2) is 13.2 Å². The van der Waals surface area contributed by atoms with Crippen LogP contribution in [-0.2, 0) is 4.74 Å². The van der Waals surface area contributed by atoms with Gasteiger partial charge in [0.25, 0.3) is 0 Å². The van der Waals surface area contributed by atoms with E-state index in [2.05, 4.69) is 6.92 Å². The van der Waals surface area contributed by atoms with Crippen molar-refractivity contribution in [1.82, 2.24) is 0 Å². The quantitative estimate of drug-likeness (QED) is 0.431. The second-order valence-electron chi connectivity index (χ2n) is 9.52. The summed E-state index contributed by atoms with van der Waals surface area (Å²) in [6.45, 7) is 5.18. The highest BCUT2D eigenvalue weighted by molar-refractivity contribution is 5.65. The third kappa shape index (κ3) is 5.17. The molecular weight excluding hydrogens is 406 g/mol. The maximum atomic E-state index is 14.5. The highest BCUT2D eigenvalue weighted by atomic mass is 19.2. The molecule has 2 aromatic rings. The molecule has 174 valence electrons. The molecule has 2 aromatic carbocycles. The first-order valence-electron chi connectivity index (χ1n) is 12.4. The molecule has 0 N–H and O–H groups in total. The van der Waals surface area contributed by atoms with Crippen molar-refractivity contribution in [3.8, 4) is 16.9 Å². The summed E-state index contributed by atoms with van der Waals surface area (Å²) in [5, 5.41) is 0. The summed E-state index contributed by atoms with van der Waals surface area (Å²) in [6, 6.07) is 10.8. The Hall–Kier alpha value is -1.94. The fourth-order valence-corrected chi connectivity index (χ4v) is 5.66. The first kappa shape index (κ1) is 23.2.